The Morgan fingerprint density at radius 1 is 1.50 bits per heavy atom. The quantitative estimate of drug-likeness (QED) is 0.754. The molecule has 0 bridgehead atoms. The molecule has 0 aliphatic carbocycles. The fourth-order valence-corrected chi connectivity index (χ4v) is 4.05. The van der Waals surface area contributed by atoms with Crippen LogP contribution in [0.2, 0.25) is 0 Å². The van der Waals surface area contributed by atoms with Gasteiger partial charge in [-0.2, -0.15) is 11.8 Å². The van der Waals surface area contributed by atoms with Gasteiger partial charge in [0.2, 0.25) is 0 Å². The lowest BCUT2D eigenvalue weighted by Crippen LogP contribution is -2.45. The molecule has 3 unspecified atom stereocenters. The Hall–Kier alpha value is 0.230. The zero-order valence-electron chi connectivity index (χ0n) is 10.2. The maximum Gasteiger partial charge on any atom is 0.0558 e. The molecule has 0 radical (unpaired) electrons. The van der Waals surface area contributed by atoms with Crippen LogP contribution in [0.3, 0.4) is 0 Å². The lowest BCUT2D eigenvalue weighted by Gasteiger charge is -2.30. The molecule has 94 valence electrons. The molecule has 2 rings (SSSR count). The Morgan fingerprint density at radius 3 is 2.94 bits per heavy atom. The highest BCUT2D eigenvalue weighted by Gasteiger charge is 2.29. The molecule has 2 aliphatic rings. The first kappa shape index (κ1) is 12.7. The standard InChI is InChI=1S/C12H24N2OS/c1-10-7-12(9-16-10)14(5-6-15)8-11-3-2-4-13-11/h10-13,15H,2-9H2,1H3. The number of hydrogen-bond donors (Lipinski definition) is 2. The van der Waals surface area contributed by atoms with E-state index < -0.39 is 0 Å². The predicted octanol–water partition coefficient (Wildman–Crippen LogP) is 0.927. The predicted molar refractivity (Wildman–Crippen MR) is 70.0 cm³/mol. The second-order valence-corrected chi connectivity index (χ2v) is 6.52. The van der Waals surface area contributed by atoms with Crippen LogP contribution in [0.5, 0.6) is 0 Å². The van der Waals surface area contributed by atoms with Gasteiger partial charge in [0.15, 0.2) is 0 Å². The van der Waals surface area contributed by atoms with Crippen molar-refractivity contribution < 1.29 is 5.11 Å². The summed E-state index contributed by atoms with van der Waals surface area (Å²) in [5, 5.41) is 13.5. The van der Waals surface area contributed by atoms with E-state index in [0.717, 1.165) is 18.3 Å². The minimum atomic E-state index is 0.294. The SMILES string of the molecule is CC1CC(N(CCO)CC2CCCN2)CS1. The summed E-state index contributed by atoms with van der Waals surface area (Å²) in [7, 11) is 0. The summed E-state index contributed by atoms with van der Waals surface area (Å²) in [5.74, 6) is 1.24. The van der Waals surface area contributed by atoms with E-state index in [4.69, 9.17) is 5.11 Å². The molecule has 0 spiro atoms. The van der Waals surface area contributed by atoms with Gasteiger partial charge in [-0.15, -0.1) is 0 Å². The monoisotopic (exact) mass is 244 g/mol. The van der Waals surface area contributed by atoms with Crippen LogP contribution in [0.4, 0.5) is 0 Å². The van der Waals surface area contributed by atoms with Crippen molar-refractivity contribution in [2.75, 3.05) is 32.0 Å². The van der Waals surface area contributed by atoms with Crippen molar-refractivity contribution >= 4 is 11.8 Å². The molecule has 16 heavy (non-hydrogen) atoms. The summed E-state index contributed by atoms with van der Waals surface area (Å²) in [4.78, 5) is 2.50. The van der Waals surface area contributed by atoms with Gasteiger partial charge in [0, 0.05) is 36.2 Å². The van der Waals surface area contributed by atoms with Gasteiger partial charge in [-0.1, -0.05) is 6.92 Å². The van der Waals surface area contributed by atoms with Crippen LogP contribution in [0, 0.1) is 0 Å². The second kappa shape index (κ2) is 6.24. The van der Waals surface area contributed by atoms with E-state index in [-0.39, 0.29) is 0 Å². The van der Waals surface area contributed by atoms with Crippen LogP contribution >= 0.6 is 11.8 Å². The third kappa shape index (κ3) is 3.36. The van der Waals surface area contributed by atoms with Crippen molar-refractivity contribution in [1.82, 2.24) is 10.2 Å². The molecule has 0 saturated carbocycles. The molecule has 2 aliphatic heterocycles. The Balaban J connectivity index is 1.83. The Labute approximate surface area is 103 Å². The summed E-state index contributed by atoms with van der Waals surface area (Å²) < 4.78 is 0. The number of nitrogens with zero attached hydrogens (tertiary/aromatic N) is 1. The third-order valence-electron chi connectivity index (χ3n) is 3.70. The van der Waals surface area contributed by atoms with Crippen LogP contribution in [-0.4, -0.2) is 59.3 Å². The van der Waals surface area contributed by atoms with Crippen molar-refractivity contribution in [1.29, 1.82) is 0 Å². The smallest absolute Gasteiger partial charge is 0.0558 e. The van der Waals surface area contributed by atoms with Crippen molar-refractivity contribution in [3.63, 3.8) is 0 Å². The fourth-order valence-electron chi connectivity index (χ4n) is 2.80. The van der Waals surface area contributed by atoms with Gasteiger partial charge in [0.05, 0.1) is 6.61 Å². The lowest BCUT2D eigenvalue weighted by atomic mass is 10.1. The highest BCUT2D eigenvalue weighted by Crippen LogP contribution is 2.29. The Bertz CT molecular complexity index is 209. The molecule has 0 aromatic heterocycles. The highest BCUT2D eigenvalue weighted by atomic mass is 32.2. The minimum Gasteiger partial charge on any atom is -0.395 e. The van der Waals surface area contributed by atoms with Crippen molar-refractivity contribution in [3.05, 3.63) is 0 Å². The van der Waals surface area contributed by atoms with E-state index in [0.29, 0.717) is 18.7 Å². The van der Waals surface area contributed by atoms with E-state index in [1.807, 2.05) is 0 Å². The van der Waals surface area contributed by atoms with E-state index in [1.165, 1.54) is 31.6 Å². The van der Waals surface area contributed by atoms with Gasteiger partial charge >= 0.3 is 0 Å². The number of rotatable bonds is 5. The van der Waals surface area contributed by atoms with Crippen LogP contribution in [0.25, 0.3) is 0 Å². The van der Waals surface area contributed by atoms with E-state index in [9.17, 15) is 0 Å². The molecule has 3 nitrogen and oxygen atoms in total. The number of aliphatic hydroxyl groups is 1. The molecule has 0 aromatic carbocycles. The average molecular weight is 244 g/mol. The molecule has 0 aromatic rings. The van der Waals surface area contributed by atoms with Crippen molar-refractivity contribution in [3.8, 4) is 0 Å². The molecular weight excluding hydrogens is 220 g/mol. The number of thioether (sulfide) groups is 1. The summed E-state index contributed by atoms with van der Waals surface area (Å²) in [6.45, 7) is 5.75. The fraction of sp³-hybridized carbons (Fsp3) is 1.00. The first-order chi connectivity index (χ1) is 7.79. The first-order valence-corrected chi connectivity index (χ1v) is 7.54. The zero-order valence-corrected chi connectivity index (χ0v) is 11.0. The van der Waals surface area contributed by atoms with Crippen LogP contribution in [0.1, 0.15) is 26.2 Å². The molecule has 2 N–H and O–H groups in total. The molecule has 0 amide bonds. The highest BCUT2D eigenvalue weighted by molar-refractivity contribution is 8.00. The van der Waals surface area contributed by atoms with Crippen molar-refractivity contribution in [2.24, 2.45) is 0 Å². The molecule has 2 fully saturated rings. The molecule has 2 saturated heterocycles. The molecule has 4 heteroatoms. The largest absolute Gasteiger partial charge is 0.395 e. The maximum absolute atomic E-state index is 9.17. The van der Waals surface area contributed by atoms with E-state index in [2.05, 4.69) is 28.9 Å². The van der Waals surface area contributed by atoms with Gasteiger partial charge in [-0.05, 0) is 25.8 Å². The van der Waals surface area contributed by atoms with Crippen LogP contribution in [0.15, 0.2) is 0 Å². The summed E-state index contributed by atoms with van der Waals surface area (Å²) in [5.41, 5.74) is 0. The van der Waals surface area contributed by atoms with Gasteiger partial charge in [-0.25, -0.2) is 0 Å². The minimum absolute atomic E-state index is 0.294. The normalized spacial score (nSPS) is 35.1. The Morgan fingerprint density at radius 2 is 2.38 bits per heavy atom. The summed E-state index contributed by atoms with van der Waals surface area (Å²) in [6, 6.07) is 1.35. The second-order valence-electron chi connectivity index (χ2n) is 5.05. The van der Waals surface area contributed by atoms with Crippen LogP contribution < -0.4 is 5.32 Å². The van der Waals surface area contributed by atoms with Gasteiger partial charge in [0.1, 0.15) is 0 Å². The maximum atomic E-state index is 9.17. The lowest BCUT2D eigenvalue weighted by molar-refractivity contribution is 0.148. The van der Waals surface area contributed by atoms with Gasteiger partial charge in [-0.3, -0.25) is 4.90 Å². The molecule has 2 heterocycles. The number of nitrogens with one attached hydrogen (secondary N) is 1. The van der Waals surface area contributed by atoms with E-state index in [1.54, 1.807) is 0 Å². The Kier molecular flexibility index (Phi) is 4.95. The van der Waals surface area contributed by atoms with Gasteiger partial charge in [0.25, 0.3) is 0 Å². The summed E-state index contributed by atoms with van der Waals surface area (Å²) >= 11 is 2.07. The van der Waals surface area contributed by atoms with Crippen molar-refractivity contribution in [2.45, 2.75) is 43.5 Å². The number of hydrogen-bond acceptors (Lipinski definition) is 4. The molecule has 3 atom stereocenters. The molecular formula is C12H24N2OS. The van der Waals surface area contributed by atoms with E-state index >= 15 is 0 Å². The average Bonchev–Trinajstić information content (AvgIpc) is 2.88. The summed E-state index contributed by atoms with van der Waals surface area (Å²) in [6.07, 6.45) is 3.90. The zero-order chi connectivity index (χ0) is 11.4. The topological polar surface area (TPSA) is 35.5 Å². The third-order valence-corrected chi connectivity index (χ3v) is 5.04. The first-order valence-electron chi connectivity index (χ1n) is 6.49. The van der Waals surface area contributed by atoms with Crippen LogP contribution in [-0.2, 0) is 0 Å². The number of aliphatic hydroxyl groups excluding tert-OH is 1. The van der Waals surface area contributed by atoms with Gasteiger partial charge < -0.3 is 10.4 Å².